The average molecular weight is 405 g/mol. The zero-order chi connectivity index (χ0) is 20.9. The lowest BCUT2D eigenvalue weighted by atomic mass is 9.99. The second-order valence-corrected chi connectivity index (χ2v) is 7.48. The molecule has 6 heteroatoms. The molecule has 30 heavy (non-hydrogen) atoms. The molecule has 0 unspecified atom stereocenters. The average Bonchev–Trinajstić information content (AvgIpc) is 2.79. The highest BCUT2D eigenvalue weighted by atomic mass is 16.5. The molecular formula is C24H27N3O3. The van der Waals surface area contributed by atoms with E-state index in [4.69, 9.17) is 9.47 Å². The molecule has 1 N–H and O–H groups in total. The quantitative estimate of drug-likeness (QED) is 0.650. The summed E-state index contributed by atoms with van der Waals surface area (Å²) in [6.07, 6.45) is 5.02. The molecule has 0 spiro atoms. The molecule has 2 aromatic carbocycles. The fourth-order valence-corrected chi connectivity index (χ4v) is 3.92. The number of nitrogens with one attached hydrogen (secondary N) is 1. The van der Waals surface area contributed by atoms with E-state index in [0.717, 1.165) is 44.6 Å². The third kappa shape index (κ3) is 4.39. The Hall–Kier alpha value is -3.12. The van der Waals surface area contributed by atoms with Crippen LogP contribution >= 0.6 is 0 Å². The van der Waals surface area contributed by atoms with Crippen LogP contribution in [-0.2, 0) is 6.42 Å². The molecule has 0 amide bonds. The second-order valence-electron chi connectivity index (χ2n) is 7.48. The summed E-state index contributed by atoms with van der Waals surface area (Å²) in [4.78, 5) is 22.4. The summed E-state index contributed by atoms with van der Waals surface area (Å²) in [5.41, 5.74) is 3.17. The first-order chi connectivity index (χ1) is 14.7. The molecule has 3 aromatic rings. The molecule has 2 heterocycles. The van der Waals surface area contributed by atoms with Crippen molar-refractivity contribution < 1.29 is 9.47 Å². The second kappa shape index (κ2) is 9.13. The van der Waals surface area contributed by atoms with Crippen molar-refractivity contribution in [3.05, 3.63) is 70.3 Å². The van der Waals surface area contributed by atoms with Gasteiger partial charge in [-0.05, 0) is 54.8 Å². The van der Waals surface area contributed by atoms with Crippen LogP contribution in [0.1, 0.15) is 24.2 Å². The van der Waals surface area contributed by atoms with Crippen LogP contribution < -0.4 is 15.0 Å². The number of fused-ring (bicyclic) bond motifs is 1. The predicted molar refractivity (Wildman–Crippen MR) is 119 cm³/mol. The van der Waals surface area contributed by atoms with E-state index >= 15 is 0 Å². The van der Waals surface area contributed by atoms with E-state index in [2.05, 4.69) is 33.1 Å². The highest BCUT2D eigenvalue weighted by molar-refractivity contribution is 5.83. The minimum atomic E-state index is -0.112. The fourth-order valence-electron chi connectivity index (χ4n) is 3.92. The Kier molecular flexibility index (Phi) is 6.14. The van der Waals surface area contributed by atoms with Crippen LogP contribution in [0, 0.1) is 0 Å². The third-order valence-corrected chi connectivity index (χ3v) is 5.61. The Morgan fingerprint density at radius 2 is 1.93 bits per heavy atom. The zero-order valence-corrected chi connectivity index (χ0v) is 17.5. The molecule has 0 fully saturated rings. The van der Waals surface area contributed by atoms with Crippen molar-refractivity contribution in [1.29, 1.82) is 0 Å². The molecule has 0 bridgehead atoms. The number of methoxy groups -OCH3 is 2. The maximum Gasteiger partial charge on any atom is 0.258 e. The van der Waals surface area contributed by atoms with Gasteiger partial charge < -0.3 is 14.5 Å². The third-order valence-electron chi connectivity index (χ3n) is 5.61. The van der Waals surface area contributed by atoms with Crippen LogP contribution in [0.5, 0.6) is 11.5 Å². The van der Waals surface area contributed by atoms with Crippen molar-refractivity contribution in [2.45, 2.75) is 19.3 Å². The van der Waals surface area contributed by atoms with E-state index in [-0.39, 0.29) is 5.56 Å². The Balaban J connectivity index is 1.35. The predicted octanol–water partition coefficient (Wildman–Crippen LogP) is 3.66. The van der Waals surface area contributed by atoms with E-state index in [1.165, 1.54) is 11.1 Å². The van der Waals surface area contributed by atoms with Gasteiger partial charge in [0.1, 0.15) is 22.8 Å². The molecule has 0 aliphatic carbocycles. The number of aromatic nitrogens is 2. The van der Waals surface area contributed by atoms with Gasteiger partial charge in [0.15, 0.2) is 0 Å². The smallest absolute Gasteiger partial charge is 0.258 e. The number of hydrogen-bond donors (Lipinski definition) is 1. The van der Waals surface area contributed by atoms with Crippen molar-refractivity contribution in [3.63, 3.8) is 0 Å². The maximum absolute atomic E-state index is 12.4. The monoisotopic (exact) mass is 405 g/mol. The lowest BCUT2D eigenvalue weighted by Crippen LogP contribution is -2.30. The molecule has 1 aliphatic rings. The van der Waals surface area contributed by atoms with E-state index < -0.39 is 0 Å². The number of aromatic amines is 1. The molecule has 6 nitrogen and oxygen atoms in total. The van der Waals surface area contributed by atoms with Crippen LogP contribution in [0.4, 0.5) is 0 Å². The van der Waals surface area contributed by atoms with E-state index in [9.17, 15) is 4.79 Å². The number of ether oxygens (including phenoxy) is 2. The van der Waals surface area contributed by atoms with Gasteiger partial charge in [0.2, 0.25) is 0 Å². The maximum atomic E-state index is 12.4. The van der Waals surface area contributed by atoms with Crippen LogP contribution in [-0.4, -0.2) is 48.7 Å². The number of rotatable bonds is 7. The van der Waals surface area contributed by atoms with Gasteiger partial charge in [-0.2, -0.15) is 0 Å². The summed E-state index contributed by atoms with van der Waals surface area (Å²) >= 11 is 0. The summed E-state index contributed by atoms with van der Waals surface area (Å²) in [5.74, 6) is 2.23. The summed E-state index contributed by atoms with van der Waals surface area (Å²) in [6.45, 7) is 2.95. The summed E-state index contributed by atoms with van der Waals surface area (Å²) in [5, 5.41) is 0.560. The minimum Gasteiger partial charge on any atom is -0.497 e. The lowest BCUT2D eigenvalue weighted by molar-refractivity contribution is 0.297. The van der Waals surface area contributed by atoms with Gasteiger partial charge >= 0.3 is 0 Å². The van der Waals surface area contributed by atoms with Crippen LogP contribution in [0.2, 0.25) is 0 Å². The van der Waals surface area contributed by atoms with E-state index in [1.54, 1.807) is 20.3 Å². The van der Waals surface area contributed by atoms with Crippen LogP contribution in [0.25, 0.3) is 16.5 Å². The van der Waals surface area contributed by atoms with Crippen molar-refractivity contribution in [2.24, 2.45) is 0 Å². The minimum absolute atomic E-state index is 0.112. The number of H-pyrrole nitrogens is 1. The Bertz CT molecular complexity index is 1100. The van der Waals surface area contributed by atoms with Gasteiger partial charge in [-0.1, -0.05) is 24.3 Å². The zero-order valence-electron chi connectivity index (χ0n) is 17.5. The van der Waals surface area contributed by atoms with Crippen LogP contribution in [0.3, 0.4) is 0 Å². The fraction of sp³-hybridized carbons (Fsp3) is 0.333. The van der Waals surface area contributed by atoms with E-state index in [1.807, 2.05) is 24.3 Å². The first-order valence-electron chi connectivity index (χ1n) is 10.3. The summed E-state index contributed by atoms with van der Waals surface area (Å²) < 4.78 is 10.6. The van der Waals surface area contributed by atoms with Crippen molar-refractivity contribution >= 4 is 16.5 Å². The van der Waals surface area contributed by atoms with Crippen molar-refractivity contribution in [1.82, 2.24) is 14.9 Å². The summed E-state index contributed by atoms with van der Waals surface area (Å²) in [7, 11) is 3.29. The summed E-state index contributed by atoms with van der Waals surface area (Å²) in [6, 6.07) is 13.7. The molecule has 1 aliphatic heterocycles. The number of benzene rings is 2. The number of nitrogens with zero attached hydrogens (tertiary/aromatic N) is 2. The SMILES string of the molecule is COc1ccc(C2=CCN(CCCc3nc4c(OC)cccc4c(=O)[nH]3)CC2)cc1. The molecule has 4 rings (SSSR count). The molecule has 1 aromatic heterocycles. The molecule has 0 saturated heterocycles. The van der Waals surface area contributed by atoms with Gasteiger partial charge in [-0.25, -0.2) is 4.98 Å². The topological polar surface area (TPSA) is 67.5 Å². The van der Waals surface area contributed by atoms with Crippen LogP contribution in [0.15, 0.2) is 53.3 Å². The molecule has 0 atom stereocenters. The van der Waals surface area contributed by atoms with Gasteiger partial charge in [-0.3, -0.25) is 9.69 Å². The highest BCUT2D eigenvalue weighted by Gasteiger charge is 2.14. The standard InChI is InChI=1S/C24H27N3O3/c1-29-19-10-8-17(9-11-19)18-12-15-27(16-13-18)14-4-7-22-25-23-20(24(28)26-22)5-3-6-21(23)30-2/h3,5-6,8-12H,4,7,13-16H2,1-2H3,(H,25,26,28). The Labute approximate surface area is 176 Å². The lowest BCUT2D eigenvalue weighted by Gasteiger charge is -2.26. The largest absolute Gasteiger partial charge is 0.497 e. The van der Waals surface area contributed by atoms with Gasteiger partial charge in [0.25, 0.3) is 5.56 Å². The number of hydrogen-bond acceptors (Lipinski definition) is 5. The van der Waals surface area contributed by atoms with Gasteiger partial charge in [0.05, 0.1) is 19.6 Å². The normalized spacial score (nSPS) is 14.5. The molecular weight excluding hydrogens is 378 g/mol. The highest BCUT2D eigenvalue weighted by Crippen LogP contribution is 2.24. The van der Waals surface area contributed by atoms with Crippen molar-refractivity contribution in [2.75, 3.05) is 33.9 Å². The number of para-hydroxylation sites is 1. The Morgan fingerprint density at radius 3 is 2.63 bits per heavy atom. The first kappa shape index (κ1) is 20.2. The van der Waals surface area contributed by atoms with Gasteiger partial charge in [-0.15, -0.1) is 0 Å². The van der Waals surface area contributed by atoms with E-state index in [0.29, 0.717) is 22.5 Å². The first-order valence-corrected chi connectivity index (χ1v) is 10.3. The number of aryl methyl sites for hydroxylation is 1. The molecule has 156 valence electrons. The molecule has 0 radical (unpaired) electrons. The van der Waals surface area contributed by atoms with Crippen molar-refractivity contribution in [3.8, 4) is 11.5 Å². The Morgan fingerprint density at radius 1 is 1.10 bits per heavy atom. The molecule has 0 saturated carbocycles. The van der Waals surface area contributed by atoms with Gasteiger partial charge in [0, 0.05) is 19.5 Å².